The normalized spacial score (nSPS) is 8.11. The van der Waals surface area contributed by atoms with Crippen LogP contribution in [0.3, 0.4) is 0 Å². The Morgan fingerprint density at radius 3 is 0.528 bits per heavy atom. The van der Waals surface area contributed by atoms with Crippen molar-refractivity contribution in [3.63, 3.8) is 0 Å². The van der Waals surface area contributed by atoms with E-state index in [-0.39, 0.29) is 0 Å². The molecule has 8 aromatic rings. The van der Waals surface area contributed by atoms with Gasteiger partial charge in [-0.15, -0.1) is 0 Å². The first-order chi connectivity index (χ1) is 35.4. The molecular formula is C56H40Cl2N4O8Re2. The zero-order chi connectivity index (χ0) is 55.9. The maximum absolute atomic E-state index is 7.50. The van der Waals surface area contributed by atoms with Gasteiger partial charge >= 0.3 is 146 Å². The van der Waals surface area contributed by atoms with Gasteiger partial charge in [-0.2, -0.15) is 0 Å². The molecule has 0 aliphatic carbocycles. The molecular weight excluding hydrogens is 1300 g/mol. The summed E-state index contributed by atoms with van der Waals surface area (Å²) in [6, 6.07) is 57.8. The van der Waals surface area contributed by atoms with Gasteiger partial charge in [0.1, 0.15) is 0 Å². The molecule has 0 saturated carbocycles. The summed E-state index contributed by atoms with van der Waals surface area (Å²) in [4.78, 5) is 19.5. The van der Waals surface area contributed by atoms with Crippen LogP contribution in [0.2, 0.25) is 0 Å². The minimum absolute atomic E-state index is 0.890. The van der Waals surface area contributed by atoms with Crippen molar-refractivity contribution < 1.29 is 73.6 Å². The molecule has 0 bridgehead atoms. The van der Waals surface area contributed by atoms with E-state index in [1.165, 1.54) is 58.6 Å². The van der Waals surface area contributed by atoms with Crippen molar-refractivity contribution >= 4 is 19.1 Å². The molecule has 0 saturated heterocycles. The molecule has 0 amide bonds. The van der Waals surface area contributed by atoms with Gasteiger partial charge < -0.3 is 0 Å². The van der Waals surface area contributed by atoms with Gasteiger partial charge in [-0.05, 0) is 98.5 Å². The van der Waals surface area contributed by atoms with E-state index in [1.807, 2.05) is 72.8 Å². The molecule has 0 spiro atoms. The zero-order valence-electron chi connectivity index (χ0n) is 38.7. The third kappa shape index (κ3) is 23.9. The summed E-state index contributed by atoms with van der Waals surface area (Å²) in [6.07, 6.45) is 0. The Labute approximate surface area is 450 Å². The summed E-state index contributed by atoms with van der Waals surface area (Å²) < 4.78 is 60.0. The van der Waals surface area contributed by atoms with Crippen molar-refractivity contribution in [1.82, 2.24) is 19.9 Å². The van der Waals surface area contributed by atoms with Crippen molar-refractivity contribution in [1.29, 1.82) is 0 Å². The summed E-state index contributed by atoms with van der Waals surface area (Å²) in [5.41, 5.74) is 17.0. The fraction of sp³-hybridized carbons (Fsp3) is 0.0714. The standard InChI is InChI=1S/2C24H20N2.8CO.2ClH.2Re/c2*1-17-9-3-5-11-19(17)21-13-7-15-23(25-21)24-16-8-14-22(26-24)20-12-6-4-10-18(20)2;8*1-2;;;;/h2*3-16H,1-2H3;;;;;;;;;2*1H;;/q;;;;;;;;;;;;2*+1/p-2. The number of aryl methyl sites for hydroxylation is 4. The Morgan fingerprint density at radius 2 is 0.375 bits per heavy atom. The van der Waals surface area contributed by atoms with Gasteiger partial charge in [0.15, 0.2) is 0 Å². The monoisotopic (exact) mass is 1340 g/mol. The number of nitrogens with zero attached hydrogens (tertiary/aromatic N) is 4. The zero-order valence-corrected chi connectivity index (χ0v) is 45.7. The number of aromatic nitrogens is 4. The summed E-state index contributed by atoms with van der Waals surface area (Å²) >= 11 is 2.39. The molecule has 0 fully saturated rings. The van der Waals surface area contributed by atoms with E-state index in [9.17, 15) is 0 Å². The molecule has 4 aromatic carbocycles. The van der Waals surface area contributed by atoms with Crippen molar-refractivity contribution in [3.05, 3.63) is 245 Å². The Morgan fingerprint density at radius 1 is 0.236 bits per heavy atom. The number of benzene rings is 4. The third-order valence-corrected chi connectivity index (χ3v) is 9.21. The van der Waals surface area contributed by atoms with Crippen LogP contribution in [0.1, 0.15) is 22.3 Å². The molecule has 0 N–H and O–H groups in total. The second kappa shape index (κ2) is 48.0. The quantitative estimate of drug-likeness (QED) is 0.117. The van der Waals surface area contributed by atoms with Gasteiger partial charge in [0.2, 0.25) is 0 Å². The molecule has 4 heterocycles. The fourth-order valence-electron chi connectivity index (χ4n) is 6.35. The summed E-state index contributed by atoms with van der Waals surface area (Å²) in [5.74, 6) is 0. The number of halogens is 2. The Bertz CT molecular complexity index is 2520. The molecule has 0 aliphatic heterocycles. The summed E-state index contributed by atoms with van der Waals surface area (Å²) in [7, 11) is 9.39. The summed E-state index contributed by atoms with van der Waals surface area (Å²) in [5, 5.41) is 0. The minimum atomic E-state index is 0.890. The van der Waals surface area contributed by atoms with Crippen LogP contribution >= 0.6 is 19.1 Å². The first kappa shape index (κ1) is 71.9. The second-order valence-corrected chi connectivity index (χ2v) is 12.9. The van der Waals surface area contributed by atoms with Gasteiger partial charge in [0.25, 0.3) is 0 Å². The summed E-state index contributed by atoms with van der Waals surface area (Å²) in [6.45, 7) is 44.4. The van der Waals surface area contributed by atoms with E-state index >= 15 is 0 Å². The van der Waals surface area contributed by atoms with Crippen molar-refractivity contribution in [2.75, 3.05) is 0 Å². The van der Waals surface area contributed by atoms with Crippen molar-refractivity contribution in [2.45, 2.75) is 27.7 Å². The van der Waals surface area contributed by atoms with E-state index in [0.29, 0.717) is 0 Å². The molecule has 0 unspecified atom stereocenters. The molecule has 72 heavy (non-hydrogen) atoms. The van der Waals surface area contributed by atoms with Gasteiger partial charge in [-0.1, -0.05) is 121 Å². The van der Waals surface area contributed by atoms with Crippen LogP contribution in [0.5, 0.6) is 0 Å². The van der Waals surface area contributed by atoms with Gasteiger partial charge in [0, 0.05) is 22.3 Å². The molecule has 0 aliphatic rings. The predicted molar refractivity (Wildman–Crippen MR) is 259 cm³/mol. The first-order valence-corrected chi connectivity index (χ1v) is 26.2. The van der Waals surface area contributed by atoms with Crippen molar-refractivity contribution in [3.8, 4) is 67.8 Å². The molecule has 0 radical (unpaired) electrons. The Balaban J connectivity index is -0.000000477. The van der Waals surface area contributed by atoms with Gasteiger partial charge in [0.05, 0.1) is 45.6 Å². The molecule has 16 heteroatoms. The van der Waals surface area contributed by atoms with Crippen LogP contribution in [0.25, 0.3) is 67.8 Å². The molecule has 360 valence electrons. The van der Waals surface area contributed by atoms with E-state index < -0.39 is 0 Å². The average molecular weight is 1340 g/mol. The Kier molecular flexibility index (Phi) is 47.9. The fourth-order valence-corrected chi connectivity index (χ4v) is 6.35. The van der Waals surface area contributed by atoms with Gasteiger partial charge in [-0.25, -0.2) is 19.9 Å². The van der Waals surface area contributed by atoms with Crippen LogP contribution in [-0.4, -0.2) is 19.9 Å². The van der Waals surface area contributed by atoms with E-state index in [2.05, 4.69) is 178 Å². The molecule has 8 rings (SSSR count). The molecule has 12 nitrogen and oxygen atoms in total. The van der Waals surface area contributed by atoms with Crippen molar-refractivity contribution in [2.24, 2.45) is 0 Å². The van der Waals surface area contributed by atoms with Crippen LogP contribution in [0.4, 0.5) is 0 Å². The van der Waals surface area contributed by atoms with E-state index in [0.717, 1.165) is 67.8 Å². The molecule has 4 aromatic heterocycles. The van der Waals surface area contributed by atoms with Crippen LogP contribution in [-0.2, 0) is 73.6 Å². The van der Waals surface area contributed by atoms with Gasteiger partial charge in [-0.3, -0.25) is 0 Å². The number of pyridine rings is 4. The number of hydrogen-bond acceptors (Lipinski definition) is 4. The Hall–Kier alpha value is -6.70. The number of hydrogen-bond donors (Lipinski definition) is 0. The molecule has 0 atom stereocenters. The van der Waals surface area contributed by atoms with Crippen LogP contribution in [0, 0.1) is 80.9 Å². The topological polar surface area (TPSA) is 211 Å². The third-order valence-electron chi connectivity index (χ3n) is 9.21. The number of rotatable bonds is 6. The second-order valence-electron chi connectivity index (χ2n) is 12.9. The maximum atomic E-state index is 7.50. The predicted octanol–water partition coefficient (Wildman–Crippen LogP) is 13.3. The SMILES string of the molecule is Cc1ccccc1-c1cccc(-c2cccc(-c3ccccc3C)n2)n1.Cc1ccccc1-c1cccc(-c2cccc(-c3ccccc3C)n2)n1.[C-]#[O+].[C-]#[O+].[C-]#[O+].[C-]#[O+].[C-]#[O+].[C-]#[O+].[C-]#[O+].[C-]#[O+].[Cl][Re].[Cl][Re]. The average Bonchev–Trinajstić information content (AvgIpc) is 3.49. The van der Waals surface area contributed by atoms with Crippen LogP contribution < -0.4 is 0 Å². The first-order valence-electron chi connectivity index (χ1n) is 19.5. The van der Waals surface area contributed by atoms with E-state index in [4.69, 9.17) is 76.2 Å². The van der Waals surface area contributed by atoms with Crippen LogP contribution in [0.15, 0.2) is 170 Å². The van der Waals surface area contributed by atoms with E-state index in [1.54, 1.807) is 0 Å².